The second-order valence-corrected chi connectivity index (χ2v) is 8.02. The summed E-state index contributed by atoms with van der Waals surface area (Å²) in [6.45, 7) is 9.00. The molecule has 0 aliphatic carbocycles. The number of hydrogen-bond acceptors (Lipinski definition) is 7. The van der Waals surface area contributed by atoms with Gasteiger partial charge in [-0.3, -0.25) is 0 Å². The van der Waals surface area contributed by atoms with Gasteiger partial charge in [-0.1, -0.05) is 20.8 Å². The van der Waals surface area contributed by atoms with Gasteiger partial charge in [-0.2, -0.15) is 4.37 Å². The summed E-state index contributed by atoms with van der Waals surface area (Å²) in [5.74, 6) is 0.443. The number of anilines is 2. The van der Waals surface area contributed by atoms with E-state index in [2.05, 4.69) is 23.5 Å². The largest absolute Gasteiger partial charge is 0.382 e. The average molecular weight is 335 g/mol. The van der Waals surface area contributed by atoms with Crippen molar-refractivity contribution >= 4 is 32.2 Å². The smallest absolute Gasteiger partial charge is 0.185 e. The molecule has 0 aromatic carbocycles. The lowest BCUT2D eigenvalue weighted by atomic mass is 10.1. The van der Waals surface area contributed by atoms with Gasteiger partial charge in [-0.05, 0) is 30.8 Å². The molecule has 0 bridgehead atoms. The fourth-order valence-electron chi connectivity index (χ4n) is 1.87. The first kappa shape index (κ1) is 18.2. The van der Waals surface area contributed by atoms with Crippen LogP contribution in [0, 0.1) is 5.92 Å². The van der Waals surface area contributed by atoms with Gasteiger partial charge >= 0.3 is 0 Å². The summed E-state index contributed by atoms with van der Waals surface area (Å²) in [6.07, 6.45) is 0.545. The van der Waals surface area contributed by atoms with Crippen LogP contribution in [-0.4, -0.2) is 37.8 Å². The standard InChI is InChI=1S/C13H25N3O3S2/c1-5-7-21(17,18)11-12(14)16-20-13(11)15-10(9(3)4)8-19-6-2/h9-10,15H,5-8H2,1-4H3,(H2,14,16). The summed E-state index contributed by atoms with van der Waals surface area (Å²) in [5, 5.41) is 3.75. The fraction of sp³-hybridized carbons (Fsp3) is 0.769. The maximum Gasteiger partial charge on any atom is 0.185 e. The maximum atomic E-state index is 12.3. The van der Waals surface area contributed by atoms with Crippen LogP contribution < -0.4 is 11.1 Å². The molecule has 0 radical (unpaired) electrons. The number of sulfone groups is 1. The van der Waals surface area contributed by atoms with E-state index in [9.17, 15) is 8.42 Å². The Balaban J connectivity index is 3.03. The Morgan fingerprint density at radius 1 is 1.38 bits per heavy atom. The van der Waals surface area contributed by atoms with Gasteiger partial charge in [0.2, 0.25) is 0 Å². The Bertz CT molecular complexity index is 541. The van der Waals surface area contributed by atoms with Gasteiger partial charge in [0.05, 0.1) is 18.4 Å². The van der Waals surface area contributed by atoms with E-state index in [1.165, 1.54) is 0 Å². The van der Waals surface area contributed by atoms with Crippen molar-refractivity contribution < 1.29 is 13.2 Å². The minimum atomic E-state index is -3.40. The molecule has 0 saturated heterocycles. The first-order valence-corrected chi connectivity index (χ1v) is 9.58. The number of hydrogen-bond donors (Lipinski definition) is 2. The molecule has 1 atom stereocenters. The van der Waals surface area contributed by atoms with Crippen LogP contribution in [0.5, 0.6) is 0 Å². The van der Waals surface area contributed by atoms with E-state index in [1.807, 2.05) is 13.8 Å². The van der Waals surface area contributed by atoms with E-state index in [1.54, 1.807) is 0 Å². The number of nitrogen functional groups attached to an aromatic ring is 1. The molecule has 6 nitrogen and oxygen atoms in total. The van der Waals surface area contributed by atoms with Gasteiger partial charge in [0.1, 0.15) is 9.90 Å². The van der Waals surface area contributed by atoms with Gasteiger partial charge in [0.25, 0.3) is 0 Å². The molecule has 0 spiro atoms. The number of nitrogens with two attached hydrogens (primary N) is 1. The van der Waals surface area contributed by atoms with E-state index in [0.29, 0.717) is 30.6 Å². The predicted octanol–water partition coefficient (Wildman–Crippen LogP) is 2.38. The van der Waals surface area contributed by atoms with Crippen molar-refractivity contribution in [2.45, 2.75) is 45.1 Å². The van der Waals surface area contributed by atoms with Gasteiger partial charge in [0, 0.05) is 6.61 Å². The van der Waals surface area contributed by atoms with Gasteiger partial charge in [-0.15, -0.1) is 0 Å². The summed E-state index contributed by atoms with van der Waals surface area (Å²) >= 11 is 1.09. The Labute approximate surface area is 131 Å². The van der Waals surface area contributed by atoms with E-state index in [-0.39, 0.29) is 22.5 Å². The van der Waals surface area contributed by atoms with Crippen molar-refractivity contribution in [1.29, 1.82) is 0 Å². The Hall–Kier alpha value is -0.860. The van der Waals surface area contributed by atoms with Gasteiger partial charge in [-0.25, -0.2) is 8.42 Å². The lowest BCUT2D eigenvalue weighted by Crippen LogP contribution is -2.31. The lowest BCUT2D eigenvalue weighted by Gasteiger charge is -2.22. The molecule has 1 aromatic heterocycles. The van der Waals surface area contributed by atoms with Crippen molar-refractivity contribution in [2.24, 2.45) is 5.92 Å². The molecular formula is C13H25N3O3S2. The molecule has 0 saturated carbocycles. The normalized spacial score (nSPS) is 13.6. The summed E-state index contributed by atoms with van der Waals surface area (Å²) in [5.41, 5.74) is 5.76. The van der Waals surface area contributed by atoms with Crippen LogP contribution in [0.25, 0.3) is 0 Å². The third kappa shape index (κ3) is 4.82. The van der Waals surface area contributed by atoms with Crippen LogP contribution in [0.4, 0.5) is 10.8 Å². The minimum absolute atomic E-state index is 0.0142. The molecule has 1 rings (SSSR count). The lowest BCUT2D eigenvalue weighted by molar-refractivity contribution is 0.127. The maximum absolute atomic E-state index is 12.3. The summed E-state index contributed by atoms with van der Waals surface area (Å²) < 4.78 is 34.1. The molecule has 3 N–H and O–H groups in total. The van der Waals surface area contributed by atoms with Gasteiger partial charge < -0.3 is 15.8 Å². The number of aromatic nitrogens is 1. The van der Waals surface area contributed by atoms with Crippen molar-refractivity contribution in [3.8, 4) is 0 Å². The van der Waals surface area contributed by atoms with E-state index in [4.69, 9.17) is 10.5 Å². The third-order valence-electron chi connectivity index (χ3n) is 3.08. The highest BCUT2D eigenvalue weighted by Gasteiger charge is 2.26. The summed E-state index contributed by atoms with van der Waals surface area (Å²) in [4.78, 5) is 0.136. The van der Waals surface area contributed by atoms with E-state index < -0.39 is 9.84 Å². The van der Waals surface area contributed by atoms with Crippen LogP contribution in [0.15, 0.2) is 4.90 Å². The molecule has 0 fully saturated rings. The molecule has 0 aliphatic rings. The monoisotopic (exact) mass is 335 g/mol. The molecule has 0 amide bonds. The number of nitrogens with zero attached hydrogens (tertiary/aromatic N) is 1. The topological polar surface area (TPSA) is 94.3 Å². The Morgan fingerprint density at radius 3 is 2.57 bits per heavy atom. The summed E-state index contributed by atoms with van der Waals surface area (Å²) in [7, 11) is -3.40. The molecule has 8 heteroatoms. The highest BCUT2D eigenvalue weighted by molar-refractivity contribution is 7.91. The van der Waals surface area contributed by atoms with E-state index >= 15 is 0 Å². The highest BCUT2D eigenvalue weighted by atomic mass is 32.2. The third-order valence-corrected chi connectivity index (χ3v) is 5.98. The van der Waals surface area contributed by atoms with Crippen molar-refractivity contribution in [2.75, 3.05) is 30.0 Å². The number of ether oxygens (including phenoxy) is 1. The van der Waals surface area contributed by atoms with E-state index in [0.717, 1.165) is 11.5 Å². The molecule has 122 valence electrons. The molecular weight excluding hydrogens is 310 g/mol. The fourth-order valence-corrected chi connectivity index (χ4v) is 4.54. The highest BCUT2D eigenvalue weighted by Crippen LogP contribution is 2.33. The van der Waals surface area contributed by atoms with Crippen LogP contribution in [-0.2, 0) is 14.6 Å². The van der Waals surface area contributed by atoms with Gasteiger partial charge in [0.15, 0.2) is 15.7 Å². The Kier molecular flexibility index (Phi) is 6.89. The zero-order chi connectivity index (χ0) is 16.0. The quantitative estimate of drug-likeness (QED) is 0.719. The van der Waals surface area contributed by atoms with Crippen LogP contribution in [0.3, 0.4) is 0 Å². The molecule has 1 unspecified atom stereocenters. The minimum Gasteiger partial charge on any atom is -0.382 e. The van der Waals surface area contributed by atoms with Crippen molar-refractivity contribution in [3.63, 3.8) is 0 Å². The zero-order valence-electron chi connectivity index (χ0n) is 13.0. The second-order valence-electron chi connectivity index (χ2n) is 5.20. The SMILES string of the molecule is CCCS(=O)(=O)c1c(N)nsc1NC(COCC)C(C)C. The van der Waals surface area contributed by atoms with Crippen molar-refractivity contribution in [1.82, 2.24) is 4.37 Å². The molecule has 1 aromatic rings. The van der Waals surface area contributed by atoms with Crippen molar-refractivity contribution in [3.05, 3.63) is 0 Å². The zero-order valence-corrected chi connectivity index (χ0v) is 14.7. The first-order valence-electron chi connectivity index (χ1n) is 7.15. The van der Waals surface area contributed by atoms with Crippen LogP contribution >= 0.6 is 11.5 Å². The average Bonchev–Trinajstić information content (AvgIpc) is 2.75. The Morgan fingerprint density at radius 2 is 2.05 bits per heavy atom. The van der Waals surface area contributed by atoms with Crippen LogP contribution in [0.2, 0.25) is 0 Å². The molecule has 21 heavy (non-hydrogen) atoms. The number of nitrogens with one attached hydrogen (secondary N) is 1. The molecule has 1 heterocycles. The first-order chi connectivity index (χ1) is 9.83. The second kappa shape index (κ2) is 7.95. The number of rotatable bonds is 9. The molecule has 0 aliphatic heterocycles. The van der Waals surface area contributed by atoms with Crippen LogP contribution in [0.1, 0.15) is 34.1 Å². The predicted molar refractivity (Wildman–Crippen MR) is 87.6 cm³/mol. The summed E-state index contributed by atoms with van der Waals surface area (Å²) in [6, 6.07) is 0.0142.